The summed E-state index contributed by atoms with van der Waals surface area (Å²) in [7, 11) is 0. The number of nitrogens with two attached hydrogens (primary N) is 1. The van der Waals surface area contributed by atoms with Gasteiger partial charge in [-0.2, -0.15) is 0 Å². The third kappa shape index (κ3) is 4.95. The zero-order valence-electron chi connectivity index (χ0n) is 13.2. The van der Waals surface area contributed by atoms with Gasteiger partial charge in [0.1, 0.15) is 11.8 Å². The second-order valence-corrected chi connectivity index (χ2v) is 5.24. The Balaban J connectivity index is 2.05. The molecule has 24 heavy (non-hydrogen) atoms. The summed E-state index contributed by atoms with van der Waals surface area (Å²) in [5.41, 5.74) is 6.61. The molecular weight excluding hydrogens is 308 g/mol. The number of carbonyl (C=O) groups excluding carboxylic acids is 3. The first-order valence-corrected chi connectivity index (χ1v) is 7.38. The first-order valence-electron chi connectivity index (χ1n) is 7.38. The summed E-state index contributed by atoms with van der Waals surface area (Å²) >= 11 is 0. The molecule has 0 saturated carbocycles. The van der Waals surface area contributed by atoms with Crippen LogP contribution in [0.3, 0.4) is 0 Å². The van der Waals surface area contributed by atoms with Crippen molar-refractivity contribution < 1.29 is 19.1 Å². The summed E-state index contributed by atoms with van der Waals surface area (Å²) in [4.78, 5) is 34.7. The van der Waals surface area contributed by atoms with E-state index in [1.165, 1.54) is 31.2 Å². The Labute approximate surface area is 139 Å². The SMILES string of the molecule is CC(=O)Oc1ccc(C(=O)N[C@H](Cc2ccccc2)C(N)=O)cc1. The zero-order valence-corrected chi connectivity index (χ0v) is 13.2. The minimum Gasteiger partial charge on any atom is -0.427 e. The summed E-state index contributed by atoms with van der Waals surface area (Å²) in [6, 6.07) is 14.5. The van der Waals surface area contributed by atoms with Gasteiger partial charge in [0.2, 0.25) is 5.91 Å². The lowest BCUT2D eigenvalue weighted by Gasteiger charge is -2.15. The summed E-state index contributed by atoms with van der Waals surface area (Å²) in [6.45, 7) is 1.29. The van der Waals surface area contributed by atoms with E-state index in [1.807, 2.05) is 30.3 Å². The van der Waals surface area contributed by atoms with E-state index in [0.717, 1.165) is 5.56 Å². The molecule has 2 amide bonds. The number of nitrogens with one attached hydrogen (secondary N) is 1. The lowest BCUT2D eigenvalue weighted by Crippen LogP contribution is -2.45. The van der Waals surface area contributed by atoms with E-state index >= 15 is 0 Å². The van der Waals surface area contributed by atoms with Crippen LogP contribution in [-0.4, -0.2) is 23.8 Å². The van der Waals surface area contributed by atoms with Crippen molar-refractivity contribution in [2.75, 3.05) is 0 Å². The van der Waals surface area contributed by atoms with Crippen molar-refractivity contribution in [3.05, 3.63) is 65.7 Å². The maximum Gasteiger partial charge on any atom is 0.308 e. The third-order valence-corrected chi connectivity index (χ3v) is 3.31. The van der Waals surface area contributed by atoms with Gasteiger partial charge in [-0.1, -0.05) is 30.3 Å². The van der Waals surface area contributed by atoms with Gasteiger partial charge < -0.3 is 15.8 Å². The Kier molecular flexibility index (Phi) is 5.68. The third-order valence-electron chi connectivity index (χ3n) is 3.31. The van der Waals surface area contributed by atoms with Crippen LogP contribution in [-0.2, 0) is 16.0 Å². The number of carbonyl (C=O) groups is 3. The van der Waals surface area contributed by atoms with E-state index in [-0.39, 0.29) is 0 Å². The number of amides is 2. The molecule has 0 aliphatic heterocycles. The number of rotatable bonds is 6. The highest BCUT2D eigenvalue weighted by atomic mass is 16.5. The maximum absolute atomic E-state index is 12.3. The molecule has 124 valence electrons. The van der Waals surface area contributed by atoms with Crippen molar-refractivity contribution in [2.45, 2.75) is 19.4 Å². The number of esters is 1. The fourth-order valence-corrected chi connectivity index (χ4v) is 2.15. The lowest BCUT2D eigenvalue weighted by molar-refractivity contribution is -0.131. The standard InChI is InChI=1S/C18H18N2O4/c1-12(21)24-15-9-7-14(8-10-15)18(23)20-16(17(19)22)11-13-5-3-2-4-6-13/h2-10,16H,11H2,1H3,(H2,19,22)(H,20,23)/t16-/m1/s1. The van der Waals surface area contributed by atoms with Crippen molar-refractivity contribution in [1.82, 2.24) is 5.32 Å². The molecule has 2 aromatic carbocycles. The minimum atomic E-state index is -0.812. The van der Waals surface area contributed by atoms with Crippen LogP contribution in [0.25, 0.3) is 0 Å². The van der Waals surface area contributed by atoms with Crippen molar-refractivity contribution in [3.8, 4) is 5.75 Å². The normalized spacial score (nSPS) is 11.4. The molecule has 0 aromatic heterocycles. The van der Waals surface area contributed by atoms with E-state index in [9.17, 15) is 14.4 Å². The van der Waals surface area contributed by atoms with E-state index in [0.29, 0.717) is 17.7 Å². The van der Waals surface area contributed by atoms with Crippen LogP contribution >= 0.6 is 0 Å². The number of hydrogen-bond donors (Lipinski definition) is 2. The average Bonchev–Trinajstić information content (AvgIpc) is 2.55. The first kappa shape index (κ1) is 17.2. The van der Waals surface area contributed by atoms with Crippen LogP contribution in [0.2, 0.25) is 0 Å². The summed E-state index contributed by atoms with van der Waals surface area (Å²) in [5, 5.41) is 2.62. The smallest absolute Gasteiger partial charge is 0.308 e. The van der Waals surface area contributed by atoms with E-state index in [1.54, 1.807) is 0 Å². The van der Waals surface area contributed by atoms with Gasteiger partial charge in [0, 0.05) is 18.9 Å². The fraction of sp³-hybridized carbons (Fsp3) is 0.167. The molecule has 3 N–H and O–H groups in total. The highest BCUT2D eigenvalue weighted by molar-refractivity contribution is 5.97. The van der Waals surface area contributed by atoms with Crippen LogP contribution in [0.5, 0.6) is 5.75 Å². The molecular formula is C18H18N2O4. The predicted molar refractivity (Wildman–Crippen MR) is 88.3 cm³/mol. The Morgan fingerprint density at radius 1 is 1.04 bits per heavy atom. The molecule has 0 heterocycles. The zero-order chi connectivity index (χ0) is 17.5. The fourth-order valence-electron chi connectivity index (χ4n) is 2.15. The van der Waals surface area contributed by atoms with Crippen molar-refractivity contribution in [2.24, 2.45) is 5.73 Å². The Bertz CT molecular complexity index is 726. The quantitative estimate of drug-likeness (QED) is 0.620. The molecule has 0 aliphatic rings. The maximum atomic E-state index is 12.3. The molecule has 0 fully saturated rings. The molecule has 0 spiro atoms. The Morgan fingerprint density at radius 3 is 2.21 bits per heavy atom. The molecule has 0 bridgehead atoms. The number of primary amides is 1. The molecule has 0 radical (unpaired) electrons. The highest BCUT2D eigenvalue weighted by Gasteiger charge is 2.19. The van der Waals surface area contributed by atoms with Gasteiger partial charge in [0.25, 0.3) is 5.91 Å². The summed E-state index contributed by atoms with van der Waals surface area (Å²) < 4.78 is 4.90. The van der Waals surface area contributed by atoms with Crippen LogP contribution in [0, 0.1) is 0 Å². The molecule has 2 rings (SSSR count). The van der Waals surface area contributed by atoms with Crippen LogP contribution in [0.15, 0.2) is 54.6 Å². The number of hydrogen-bond acceptors (Lipinski definition) is 4. The second kappa shape index (κ2) is 7.92. The van der Waals surface area contributed by atoms with Crippen molar-refractivity contribution in [3.63, 3.8) is 0 Å². The van der Waals surface area contributed by atoms with Crippen molar-refractivity contribution in [1.29, 1.82) is 0 Å². The Morgan fingerprint density at radius 2 is 1.67 bits per heavy atom. The van der Waals surface area contributed by atoms with E-state index < -0.39 is 23.8 Å². The molecule has 0 unspecified atom stereocenters. The molecule has 6 heteroatoms. The number of benzene rings is 2. The van der Waals surface area contributed by atoms with Crippen molar-refractivity contribution >= 4 is 17.8 Å². The molecule has 0 saturated heterocycles. The summed E-state index contributed by atoms with van der Waals surface area (Å²) in [6.07, 6.45) is 0.313. The topological polar surface area (TPSA) is 98.5 Å². The van der Waals surface area contributed by atoms with E-state index in [2.05, 4.69) is 5.32 Å². The van der Waals surface area contributed by atoms with Gasteiger partial charge in [0.05, 0.1) is 0 Å². The molecule has 6 nitrogen and oxygen atoms in total. The average molecular weight is 326 g/mol. The largest absolute Gasteiger partial charge is 0.427 e. The predicted octanol–water partition coefficient (Wildman–Crippen LogP) is 1.44. The van der Waals surface area contributed by atoms with Gasteiger partial charge in [-0.3, -0.25) is 14.4 Å². The second-order valence-electron chi connectivity index (χ2n) is 5.24. The van der Waals surface area contributed by atoms with Gasteiger partial charge in [-0.25, -0.2) is 0 Å². The molecule has 2 aromatic rings. The van der Waals surface area contributed by atoms with Crippen LogP contribution in [0.4, 0.5) is 0 Å². The van der Waals surface area contributed by atoms with Gasteiger partial charge in [0.15, 0.2) is 0 Å². The van der Waals surface area contributed by atoms with Gasteiger partial charge in [-0.15, -0.1) is 0 Å². The number of ether oxygens (including phenoxy) is 1. The molecule has 0 aliphatic carbocycles. The first-order chi connectivity index (χ1) is 11.5. The van der Waals surface area contributed by atoms with E-state index in [4.69, 9.17) is 10.5 Å². The van der Waals surface area contributed by atoms with Crippen LogP contribution in [0.1, 0.15) is 22.8 Å². The van der Waals surface area contributed by atoms with Crippen LogP contribution < -0.4 is 15.8 Å². The van der Waals surface area contributed by atoms with Gasteiger partial charge in [-0.05, 0) is 29.8 Å². The molecule has 1 atom stereocenters. The van der Waals surface area contributed by atoms with Gasteiger partial charge >= 0.3 is 5.97 Å². The summed E-state index contributed by atoms with van der Waals surface area (Å²) in [5.74, 6) is -1.13. The highest BCUT2D eigenvalue weighted by Crippen LogP contribution is 2.13. The minimum absolute atomic E-state index is 0.313. The monoisotopic (exact) mass is 326 g/mol. The Hall–Kier alpha value is -3.15. The lowest BCUT2D eigenvalue weighted by atomic mass is 10.0.